The summed E-state index contributed by atoms with van der Waals surface area (Å²) in [7, 11) is 0. The number of amides is 1. The van der Waals surface area contributed by atoms with Crippen LogP contribution in [0.1, 0.15) is 28.4 Å². The zero-order valence-corrected chi connectivity index (χ0v) is 18.7. The van der Waals surface area contributed by atoms with Gasteiger partial charge in [-0.1, -0.05) is 60.7 Å². The molecule has 0 bridgehead atoms. The first kappa shape index (κ1) is 22.7. The normalized spacial score (nSPS) is 10.9. The molecule has 0 aliphatic rings. The zero-order chi connectivity index (χ0) is 23.8. The standard InChI is InChI=1S/C28H24N2O4/c1-2-33-23-15-12-22(13-16-23)28(32)34-26-17-14-21-10-6-7-11-24(21)25(26)19-29-30-27(31)18-20-8-4-3-5-9-20/h3-17,19H,2,18H2,1H3,(H,30,31). The largest absolute Gasteiger partial charge is 0.494 e. The summed E-state index contributed by atoms with van der Waals surface area (Å²) in [6.07, 6.45) is 1.72. The predicted octanol–water partition coefficient (Wildman–Crippen LogP) is 5.15. The smallest absolute Gasteiger partial charge is 0.343 e. The number of benzene rings is 4. The van der Waals surface area contributed by atoms with Crippen molar-refractivity contribution in [1.82, 2.24) is 5.43 Å². The molecule has 34 heavy (non-hydrogen) atoms. The van der Waals surface area contributed by atoms with Crippen LogP contribution >= 0.6 is 0 Å². The van der Waals surface area contributed by atoms with Crippen molar-refractivity contribution >= 4 is 28.9 Å². The first-order valence-corrected chi connectivity index (χ1v) is 11.0. The Bertz CT molecular complexity index is 1320. The van der Waals surface area contributed by atoms with Gasteiger partial charge in [0.2, 0.25) is 5.91 Å². The van der Waals surface area contributed by atoms with Crippen LogP contribution in [0.15, 0.2) is 96.1 Å². The molecule has 4 aromatic rings. The predicted molar refractivity (Wildman–Crippen MR) is 132 cm³/mol. The SMILES string of the molecule is CCOc1ccc(C(=O)Oc2ccc3ccccc3c2C=NNC(=O)Cc2ccccc2)cc1. The van der Waals surface area contributed by atoms with Gasteiger partial charge in [-0.2, -0.15) is 5.10 Å². The van der Waals surface area contributed by atoms with E-state index >= 15 is 0 Å². The number of esters is 1. The first-order chi connectivity index (χ1) is 16.6. The number of hydrogen-bond acceptors (Lipinski definition) is 5. The van der Waals surface area contributed by atoms with Crippen molar-refractivity contribution in [3.63, 3.8) is 0 Å². The van der Waals surface area contributed by atoms with Crippen molar-refractivity contribution in [2.24, 2.45) is 5.10 Å². The molecule has 0 unspecified atom stereocenters. The Hall–Kier alpha value is -4.45. The van der Waals surface area contributed by atoms with Gasteiger partial charge in [0.1, 0.15) is 11.5 Å². The molecule has 0 aromatic heterocycles. The van der Waals surface area contributed by atoms with Gasteiger partial charge in [-0.3, -0.25) is 4.79 Å². The minimum absolute atomic E-state index is 0.216. The molecule has 4 aromatic carbocycles. The second kappa shape index (κ2) is 10.9. The fourth-order valence-electron chi connectivity index (χ4n) is 3.50. The Morgan fingerprint density at radius 1 is 0.882 bits per heavy atom. The number of nitrogens with one attached hydrogen (secondary N) is 1. The number of carbonyl (C=O) groups excluding carboxylic acids is 2. The lowest BCUT2D eigenvalue weighted by Gasteiger charge is -2.11. The molecule has 0 aliphatic carbocycles. The van der Waals surface area contributed by atoms with Gasteiger partial charge in [0.25, 0.3) is 0 Å². The summed E-state index contributed by atoms with van der Waals surface area (Å²) in [5.41, 5.74) is 4.44. The van der Waals surface area contributed by atoms with Gasteiger partial charge in [-0.25, -0.2) is 10.2 Å². The van der Waals surface area contributed by atoms with Gasteiger partial charge >= 0.3 is 5.97 Å². The van der Waals surface area contributed by atoms with Crippen molar-refractivity contribution in [3.05, 3.63) is 108 Å². The maximum Gasteiger partial charge on any atom is 0.343 e. The Balaban J connectivity index is 1.54. The van der Waals surface area contributed by atoms with Crippen molar-refractivity contribution in [1.29, 1.82) is 0 Å². The summed E-state index contributed by atoms with van der Waals surface area (Å²) >= 11 is 0. The van der Waals surface area contributed by atoms with E-state index in [4.69, 9.17) is 9.47 Å². The molecule has 0 heterocycles. The van der Waals surface area contributed by atoms with Crippen LogP contribution in [0.5, 0.6) is 11.5 Å². The van der Waals surface area contributed by atoms with Gasteiger partial charge in [-0.05, 0) is 53.6 Å². The van der Waals surface area contributed by atoms with E-state index in [0.29, 0.717) is 29.2 Å². The molecule has 0 radical (unpaired) electrons. The second-order valence-electron chi connectivity index (χ2n) is 7.50. The highest BCUT2D eigenvalue weighted by atomic mass is 16.5. The van der Waals surface area contributed by atoms with Crippen molar-refractivity contribution < 1.29 is 19.1 Å². The Morgan fingerprint density at radius 3 is 2.38 bits per heavy atom. The van der Waals surface area contributed by atoms with E-state index in [1.54, 1.807) is 30.3 Å². The van der Waals surface area contributed by atoms with E-state index in [1.807, 2.05) is 67.6 Å². The quantitative estimate of drug-likeness (QED) is 0.174. The summed E-state index contributed by atoms with van der Waals surface area (Å²) in [6, 6.07) is 27.5. The molecule has 0 spiro atoms. The third-order valence-electron chi connectivity index (χ3n) is 5.12. The lowest BCUT2D eigenvalue weighted by Crippen LogP contribution is -2.19. The van der Waals surface area contributed by atoms with Crippen LogP contribution in [0, 0.1) is 0 Å². The first-order valence-electron chi connectivity index (χ1n) is 11.0. The Labute approximate surface area is 197 Å². The van der Waals surface area contributed by atoms with Gasteiger partial charge in [0, 0.05) is 5.56 Å². The number of hydrogen-bond donors (Lipinski definition) is 1. The minimum Gasteiger partial charge on any atom is -0.494 e. The maximum atomic E-state index is 12.8. The minimum atomic E-state index is -0.499. The molecule has 1 amide bonds. The number of fused-ring (bicyclic) bond motifs is 1. The second-order valence-corrected chi connectivity index (χ2v) is 7.50. The molecule has 0 fully saturated rings. The van der Waals surface area contributed by atoms with Crippen molar-refractivity contribution in [2.75, 3.05) is 6.61 Å². The summed E-state index contributed by atoms with van der Waals surface area (Å²) in [5, 5.41) is 5.93. The fraction of sp³-hybridized carbons (Fsp3) is 0.107. The van der Waals surface area contributed by atoms with Gasteiger partial charge in [0.05, 0.1) is 24.8 Å². The molecule has 0 saturated carbocycles. The number of nitrogens with zero attached hydrogens (tertiary/aromatic N) is 1. The molecule has 0 aliphatic heterocycles. The zero-order valence-electron chi connectivity index (χ0n) is 18.7. The summed E-state index contributed by atoms with van der Waals surface area (Å²) in [6.45, 7) is 2.44. The van der Waals surface area contributed by atoms with Gasteiger partial charge in [-0.15, -0.1) is 0 Å². The third-order valence-corrected chi connectivity index (χ3v) is 5.12. The van der Waals surface area contributed by atoms with Crippen LogP contribution in [0.3, 0.4) is 0 Å². The molecule has 6 heteroatoms. The Morgan fingerprint density at radius 2 is 1.62 bits per heavy atom. The number of carbonyl (C=O) groups is 2. The van der Waals surface area contributed by atoms with Crippen LogP contribution in [0.2, 0.25) is 0 Å². The van der Waals surface area contributed by atoms with Crippen LogP contribution < -0.4 is 14.9 Å². The molecule has 6 nitrogen and oxygen atoms in total. The number of ether oxygens (including phenoxy) is 2. The lowest BCUT2D eigenvalue weighted by molar-refractivity contribution is -0.120. The molecule has 170 valence electrons. The highest BCUT2D eigenvalue weighted by Crippen LogP contribution is 2.27. The topological polar surface area (TPSA) is 77.0 Å². The van der Waals surface area contributed by atoms with Gasteiger partial charge < -0.3 is 9.47 Å². The van der Waals surface area contributed by atoms with E-state index in [2.05, 4.69) is 10.5 Å². The van der Waals surface area contributed by atoms with Crippen molar-refractivity contribution in [3.8, 4) is 11.5 Å². The highest BCUT2D eigenvalue weighted by molar-refractivity contribution is 6.04. The molecule has 1 N–H and O–H groups in total. The van der Waals surface area contributed by atoms with Crippen LogP contribution in [-0.2, 0) is 11.2 Å². The molecular formula is C28H24N2O4. The lowest BCUT2D eigenvalue weighted by atomic mass is 10.0. The van der Waals surface area contributed by atoms with Gasteiger partial charge in [0.15, 0.2) is 0 Å². The number of rotatable bonds is 8. The van der Waals surface area contributed by atoms with E-state index in [0.717, 1.165) is 16.3 Å². The average Bonchev–Trinajstić information content (AvgIpc) is 2.86. The summed E-state index contributed by atoms with van der Waals surface area (Å²) in [5.74, 6) is 0.291. The van der Waals surface area contributed by atoms with Crippen LogP contribution in [-0.4, -0.2) is 24.7 Å². The monoisotopic (exact) mass is 452 g/mol. The Kier molecular flexibility index (Phi) is 7.30. The molecule has 0 atom stereocenters. The van der Waals surface area contributed by atoms with Crippen LogP contribution in [0.4, 0.5) is 0 Å². The summed E-state index contributed by atoms with van der Waals surface area (Å²) < 4.78 is 11.1. The molecule has 0 saturated heterocycles. The fourth-order valence-corrected chi connectivity index (χ4v) is 3.50. The van der Waals surface area contributed by atoms with E-state index in [1.165, 1.54) is 6.21 Å². The molecular weight excluding hydrogens is 428 g/mol. The van der Waals surface area contributed by atoms with Crippen molar-refractivity contribution in [2.45, 2.75) is 13.3 Å². The average molecular weight is 453 g/mol. The van der Waals surface area contributed by atoms with E-state index in [9.17, 15) is 9.59 Å². The van der Waals surface area contributed by atoms with Crippen LogP contribution in [0.25, 0.3) is 10.8 Å². The van der Waals surface area contributed by atoms with E-state index in [-0.39, 0.29) is 12.3 Å². The number of hydrazone groups is 1. The third kappa shape index (κ3) is 5.66. The molecule has 4 rings (SSSR count). The summed E-state index contributed by atoms with van der Waals surface area (Å²) in [4.78, 5) is 25.0. The maximum absolute atomic E-state index is 12.8. The highest BCUT2D eigenvalue weighted by Gasteiger charge is 2.14. The van der Waals surface area contributed by atoms with E-state index < -0.39 is 5.97 Å².